The first kappa shape index (κ1) is 14.8. The molecule has 2 aromatic rings. The number of nitrogens with two attached hydrogens (primary N) is 1. The van der Waals surface area contributed by atoms with Crippen LogP contribution in [0, 0.1) is 19.7 Å². The topological polar surface area (TPSA) is 42.4 Å². The Morgan fingerprint density at radius 3 is 2.55 bits per heavy atom. The van der Waals surface area contributed by atoms with E-state index in [0.29, 0.717) is 13.1 Å². The molecule has 1 aromatic heterocycles. The van der Waals surface area contributed by atoms with Gasteiger partial charge in [-0.3, -0.25) is 4.90 Å². The zero-order valence-electron chi connectivity index (χ0n) is 12.2. The molecule has 0 fully saturated rings. The van der Waals surface area contributed by atoms with Crippen LogP contribution in [0.15, 0.2) is 34.7 Å². The summed E-state index contributed by atoms with van der Waals surface area (Å²) in [6.07, 6.45) is 0. The van der Waals surface area contributed by atoms with E-state index in [0.717, 1.165) is 22.6 Å². The van der Waals surface area contributed by atoms with Crippen molar-refractivity contribution in [3.05, 3.63) is 58.8 Å². The van der Waals surface area contributed by atoms with Gasteiger partial charge in [0.05, 0.1) is 6.54 Å². The number of hydrogen-bond acceptors (Lipinski definition) is 3. The van der Waals surface area contributed by atoms with Gasteiger partial charge in [-0.05, 0) is 56.3 Å². The average molecular weight is 276 g/mol. The molecular weight excluding hydrogens is 255 g/mol. The molecule has 0 bridgehead atoms. The van der Waals surface area contributed by atoms with Crippen molar-refractivity contribution in [2.24, 2.45) is 5.73 Å². The lowest BCUT2D eigenvalue weighted by atomic mass is 10.00. The van der Waals surface area contributed by atoms with Crippen LogP contribution in [-0.4, -0.2) is 18.5 Å². The highest BCUT2D eigenvalue weighted by molar-refractivity contribution is 5.30. The molecule has 2 N–H and O–H groups in total. The van der Waals surface area contributed by atoms with Crippen LogP contribution in [0.25, 0.3) is 0 Å². The van der Waals surface area contributed by atoms with Crippen molar-refractivity contribution in [2.45, 2.75) is 26.4 Å². The summed E-state index contributed by atoms with van der Waals surface area (Å²) in [6.45, 7) is 4.98. The Hall–Kier alpha value is -1.65. The smallest absolute Gasteiger partial charge is 0.123 e. The summed E-state index contributed by atoms with van der Waals surface area (Å²) < 4.78 is 18.8. The molecule has 1 heterocycles. The third-order valence-electron chi connectivity index (χ3n) is 3.55. The summed E-state index contributed by atoms with van der Waals surface area (Å²) in [5.74, 6) is 1.59. The summed E-state index contributed by atoms with van der Waals surface area (Å²) in [5.41, 5.74) is 7.88. The lowest BCUT2D eigenvalue weighted by Crippen LogP contribution is -2.30. The molecule has 0 saturated carbocycles. The summed E-state index contributed by atoms with van der Waals surface area (Å²) >= 11 is 0. The van der Waals surface area contributed by atoms with E-state index in [1.165, 1.54) is 6.07 Å². The van der Waals surface area contributed by atoms with Crippen LogP contribution in [0.2, 0.25) is 0 Å². The highest BCUT2D eigenvalue weighted by Crippen LogP contribution is 2.24. The first-order chi connectivity index (χ1) is 9.51. The quantitative estimate of drug-likeness (QED) is 0.912. The Bertz CT molecular complexity index is 580. The van der Waals surface area contributed by atoms with E-state index in [2.05, 4.69) is 4.90 Å². The Labute approximate surface area is 119 Å². The lowest BCUT2D eigenvalue weighted by molar-refractivity contribution is 0.221. The van der Waals surface area contributed by atoms with Crippen LogP contribution >= 0.6 is 0 Å². The molecule has 0 aliphatic carbocycles. The number of nitrogens with zero attached hydrogens (tertiary/aromatic N) is 1. The van der Waals surface area contributed by atoms with Gasteiger partial charge in [0.25, 0.3) is 0 Å². The third kappa shape index (κ3) is 3.26. The van der Waals surface area contributed by atoms with Gasteiger partial charge < -0.3 is 10.2 Å². The maximum atomic E-state index is 13.2. The van der Waals surface area contributed by atoms with Gasteiger partial charge in [-0.2, -0.15) is 0 Å². The van der Waals surface area contributed by atoms with E-state index < -0.39 is 0 Å². The molecule has 4 heteroatoms. The van der Waals surface area contributed by atoms with E-state index in [9.17, 15) is 4.39 Å². The monoisotopic (exact) mass is 276 g/mol. The second-order valence-electron chi connectivity index (χ2n) is 5.18. The zero-order valence-corrected chi connectivity index (χ0v) is 12.2. The molecular formula is C16H21FN2O. The number of hydrogen-bond donors (Lipinski definition) is 1. The summed E-state index contributed by atoms with van der Waals surface area (Å²) in [6, 6.07) is 8.80. The maximum absolute atomic E-state index is 13.2. The lowest BCUT2D eigenvalue weighted by Gasteiger charge is -2.27. The van der Waals surface area contributed by atoms with E-state index in [-0.39, 0.29) is 11.9 Å². The molecule has 0 aliphatic rings. The molecule has 108 valence electrons. The second kappa shape index (κ2) is 6.20. The predicted octanol–water partition coefficient (Wildman–Crippen LogP) is 3.17. The van der Waals surface area contributed by atoms with Gasteiger partial charge in [0.15, 0.2) is 0 Å². The highest BCUT2D eigenvalue weighted by atomic mass is 19.1. The minimum Gasteiger partial charge on any atom is -0.465 e. The fourth-order valence-electron chi connectivity index (χ4n) is 2.48. The van der Waals surface area contributed by atoms with Gasteiger partial charge in [-0.15, -0.1) is 0 Å². The van der Waals surface area contributed by atoms with Gasteiger partial charge in [0.1, 0.15) is 17.3 Å². The van der Waals surface area contributed by atoms with Crippen molar-refractivity contribution >= 4 is 0 Å². The number of rotatable bonds is 5. The molecule has 2 rings (SSSR count). The fraction of sp³-hybridized carbons (Fsp3) is 0.375. The summed E-state index contributed by atoms with van der Waals surface area (Å²) in [4.78, 5) is 2.12. The standard InChI is InChI=1S/C16H21FN2O/c1-11-8-13(17)5-7-15(11)16(9-18)19(3)10-14-6-4-12(2)20-14/h4-8,16H,9-10,18H2,1-3H3. The second-order valence-corrected chi connectivity index (χ2v) is 5.18. The van der Waals surface area contributed by atoms with Crippen molar-refractivity contribution < 1.29 is 8.81 Å². The van der Waals surface area contributed by atoms with Gasteiger partial charge in [-0.25, -0.2) is 4.39 Å². The van der Waals surface area contributed by atoms with Crippen LogP contribution in [0.4, 0.5) is 4.39 Å². The number of likely N-dealkylation sites (N-methyl/N-ethyl adjacent to an activating group) is 1. The van der Waals surface area contributed by atoms with Gasteiger partial charge >= 0.3 is 0 Å². The van der Waals surface area contributed by atoms with Gasteiger partial charge in [-0.1, -0.05) is 6.07 Å². The molecule has 0 saturated heterocycles. The minimum atomic E-state index is -0.216. The van der Waals surface area contributed by atoms with Crippen LogP contribution < -0.4 is 5.73 Å². The van der Waals surface area contributed by atoms with Crippen LogP contribution in [0.3, 0.4) is 0 Å². The first-order valence-electron chi connectivity index (χ1n) is 6.73. The third-order valence-corrected chi connectivity index (χ3v) is 3.55. The zero-order chi connectivity index (χ0) is 14.7. The number of furan rings is 1. The Balaban J connectivity index is 2.18. The minimum absolute atomic E-state index is 0.0426. The number of benzene rings is 1. The van der Waals surface area contributed by atoms with E-state index in [4.69, 9.17) is 10.2 Å². The SMILES string of the molecule is Cc1ccc(CN(C)C(CN)c2ccc(F)cc2C)o1. The predicted molar refractivity (Wildman–Crippen MR) is 77.8 cm³/mol. The summed E-state index contributed by atoms with van der Waals surface area (Å²) in [5, 5.41) is 0. The molecule has 0 radical (unpaired) electrons. The number of aryl methyl sites for hydroxylation is 2. The molecule has 0 amide bonds. The first-order valence-corrected chi connectivity index (χ1v) is 6.73. The highest BCUT2D eigenvalue weighted by Gasteiger charge is 2.18. The van der Waals surface area contributed by atoms with Crippen molar-refractivity contribution in [2.75, 3.05) is 13.6 Å². The Morgan fingerprint density at radius 1 is 1.25 bits per heavy atom. The Morgan fingerprint density at radius 2 is 2.00 bits per heavy atom. The average Bonchev–Trinajstić information content (AvgIpc) is 2.78. The van der Waals surface area contributed by atoms with Crippen LogP contribution in [0.5, 0.6) is 0 Å². The van der Waals surface area contributed by atoms with Crippen molar-refractivity contribution in [1.82, 2.24) is 4.90 Å². The van der Waals surface area contributed by atoms with E-state index >= 15 is 0 Å². The van der Waals surface area contributed by atoms with Crippen molar-refractivity contribution in [1.29, 1.82) is 0 Å². The normalized spacial score (nSPS) is 12.9. The molecule has 3 nitrogen and oxygen atoms in total. The summed E-state index contributed by atoms with van der Waals surface area (Å²) in [7, 11) is 2.00. The largest absolute Gasteiger partial charge is 0.465 e. The number of halogens is 1. The van der Waals surface area contributed by atoms with Crippen molar-refractivity contribution in [3.8, 4) is 0 Å². The van der Waals surface area contributed by atoms with E-state index in [1.807, 2.05) is 39.1 Å². The van der Waals surface area contributed by atoms with Gasteiger partial charge in [0.2, 0.25) is 0 Å². The molecule has 0 aliphatic heterocycles. The Kier molecular flexibility index (Phi) is 4.57. The van der Waals surface area contributed by atoms with Crippen LogP contribution in [-0.2, 0) is 6.54 Å². The maximum Gasteiger partial charge on any atom is 0.123 e. The molecule has 1 atom stereocenters. The molecule has 1 aromatic carbocycles. The fourth-order valence-corrected chi connectivity index (χ4v) is 2.48. The molecule has 1 unspecified atom stereocenters. The molecule has 20 heavy (non-hydrogen) atoms. The van der Waals surface area contributed by atoms with Crippen molar-refractivity contribution in [3.63, 3.8) is 0 Å². The molecule has 0 spiro atoms. The van der Waals surface area contributed by atoms with E-state index in [1.54, 1.807) is 6.07 Å². The van der Waals surface area contributed by atoms with Gasteiger partial charge in [0, 0.05) is 12.6 Å². The van der Waals surface area contributed by atoms with Crippen LogP contribution in [0.1, 0.15) is 28.7 Å².